The maximum absolute atomic E-state index is 13.5. The summed E-state index contributed by atoms with van der Waals surface area (Å²) in [5.41, 5.74) is 1.01. The van der Waals surface area contributed by atoms with Gasteiger partial charge in [0.25, 0.3) is 5.56 Å². The number of rotatable bonds is 6. The molecule has 8 nitrogen and oxygen atoms in total. The molecule has 3 aromatic rings. The molecule has 3 aromatic heterocycles. The fourth-order valence-electron chi connectivity index (χ4n) is 3.78. The SMILES string of the molecule is CCc1nnc(NC(=O)Cn2c(CN(C)C)nc3sc4c(c3c2=O)CCC(C)C4)s1. The van der Waals surface area contributed by atoms with Gasteiger partial charge in [-0.3, -0.25) is 19.5 Å². The van der Waals surface area contributed by atoms with Gasteiger partial charge in [-0.1, -0.05) is 25.2 Å². The average Bonchev–Trinajstić information content (AvgIpc) is 3.27. The van der Waals surface area contributed by atoms with E-state index in [1.807, 2.05) is 25.9 Å². The van der Waals surface area contributed by atoms with E-state index in [2.05, 4.69) is 22.4 Å². The number of aryl methyl sites for hydroxylation is 2. The topological polar surface area (TPSA) is 93.0 Å². The molecule has 0 aromatic carbocycles. The van der Waals surface area contributed by atoms with Crippen molar-refractivity contribution >= 4 is 43.9 Å². The Kier molecular flexibility index (Phi) is 5.99. The average molecular weight is 447 g/mol. The van der Waals surface area contributed by atoms with Gasteiger partial charge in [-0.2, -0.15) is 0 Å². The number of thiophene rings is 1. The van der Waals surface area contributed by atoms with E-state index in [0.717, 1.165) is 41.1 Å². The molecule has 0 bridgehead atoms. The molecule has 0 saturated carbocycles. The van der Waals surface area contributed by atoms with E-state index in [-0.39, 0.29) is 18.0 Å². The Morgan fingerprint density at radius 2 is 2.10 bits per heavy atom. The van der Waals surface area contributed by atoms with E-state index in [1.165, 1.54) is 20.8 Å². The van der Waals surface area contributed by atoms with Crippen LogP contribution in [0.3, 0.4) is 0 Å². The summed E-state index contributed by atoms with van der Waals surface area (Å²) in [4.78, 5) is 35.0. The summed E-state index contributed by atoms with van der Waals surface area (Å²) in [5.74, 6) is 0.931. The summed E-state index contributed by atoms with van der Waals surface area (Å²) >= 11 is 2.98. The number of nitrogens with one attached hydrogen (secondary N) is 1. The second-order valence-corrected chi connectivity index (χ2v) is 10.2. The van der Waals surface area contributed by atoms with Gasteiger partial charge in [-0.15, -0.1) is 21.5 Å². The van der Waals surface area contributed by atoms with Crippen LogP contribution in [0.25, 0.3) is 10.2 Å². The third-order valence-corrected chi connectivity index (χ3v) is 7.40. The molecule has 160 valence electrons. The monoisotopic (exact) mass is 446 g/mol. The standard InChI is InChI=1S/C20H26N6O2S2/c1-5-16-23-24-20(30-16)22-15(27)10-26-14(9-25(3)4)21-18-17(19(26)28)12-7-6-11(2)8-13(12)29-18/h11H,5-10H2,1-4H3,(H,22,24,27). The van der Waals surface area contributed by atoms with Gasteiger partial charge in [0.15, 0.2) is 0 Å². The van der Waals surface area contributed by atoms with E-state index in [9.17, 15) is 9.59 Å². The number of aromatic nitrogens is 4. The van der Waals surface area contributed by atoms with Crippen LogP contribution in [0.2, 0.25) is 0 Å². The molecule has 0 saturated heterocycles. The van der Waals surface area contributed by atoms with E-state index in [0.29, 0.717) is 28.8 Å². The molecule has 1 amide bonds. The first-order valence-electron chi connectivity index (χ1n) is 10.2. The molecule has 0 spiro atoms. The van der Waals surface area contributed by atoms with Gasteiger partial charge in [0.05, 0.1) is 11.9 Å². The summed E-state index contributed by atoms with van der Waals surface area (Å²) in [6.07, 6.45) is 3.74. The largest absolute Gasteiger partial charge is 0.302 e. The quantitative estimate of drug-likeness (QED) is 0.626. The highest BCUT2D eigenvalue weighted by molar-refractivity contribution is 7.18. The van der Waals surface area contributed by atoms with Gasteiger partial charge in [-0.25, -0.2) is 4.98 Å². The summed E-state index contributed by atoms with van der Waals surface area (Å²) in [5, 5.41) is 12.8. The van der Waals surface area contributed by atoms with E-state index in [1.54, 1.807) is 11.3 Å². The minimum atomic E-state index is -0.297. The molecule has 1 aliphatic carbocycles. The van der Waals surface area contributed by atoms with E-state index >= 15 is 0 Å². The van der Waals surface area contributed by atoms with Crippen LogP contribution in [0, 0.1) is 5.92 Å². The summed E-state index contributed by atoms with van der Waals surface area (Å²) < 4.78 is 1.52. The summed E-state index contributed by atoms with van der Waals surface area (Å²) in [7, 11) is 3.85. The zero-order chi connectivity index (χ0) is 21.4. The van der Waals surface area contributed by atoms with Crippen LogP contribution in [0.15, 0.2) is 4.79 Å². The highest BCUT2D eigenvalue weighted by Gasteiger charge is 2.25. The predicted molar refractivity (Wildman–Crippen MR) is 120 cm³/mol. The van der Waals surface area contributed by atoms with Crippen molar-refractivity contribution in [3.63, 3.8) is 0 Å². The normalized spacial score (nSPS) is 16.2. The van der Waals surface area contributed by atoms with Gasteiger partial charge in [0.2, 0.25) is 11.0 Å². The zero-order valence-corrected chi connectivity index (χ0v) is 19.3. The van der Waals surface area contributed by atoms with Crippen LogP contribution in [-0.2, 0) is 37.1 Å². The van der Waals surface area contributed by atoms with E-state index in [4.69, 9.17) is 4.98 Å². The molecule has 0 fully saturated rings. The first kappa shape index (κ1) is 21.1. The summed E-state index contributed by atoms with van der Waals surface area (Å²) in [6.45, 7) is 4.63. The number of amides is 1. The smallest absolute Gasteiger partial charge is 0.263 e. The zero-order valence-electron chi connectivity index (χ0n) is 17.7. The molecule has 10 heteroatoms. The van der Waals surface area contributed by atoms with Crippen molar-refractivity contribution in [2.75, 3.05) is 19.4 Å². The molecule has 1 N–H and O–H groups in total. The number of fused-ring (bicyclic) bond motifs is 3. The molecule has 3 heterocycles. The third kappa shape index (κ3) is 4.17. The molecule has 1 unspecified atom stereocenters. The molecular formula is C20H26N6O2S2. The molecule has 0 aliphatic heterocycles. The lowest BCUT2D eigenvalue weighted by Gasteiger charge is -2.18. The van der Waals surface area contributed by atoms with E-state index < -0.39 is 0 Å². The van der Waals surface area contributed by atoms with Crippen LogP contribution >= 0.6 is 22.7 Å². The Balaban J connectivity index is 1.71. The number of carbonyl (C=O) groups is 1. The number of carbonyl (C=O) groups excluding carboxylic acids is 1. The molecule has 1 aliphatic rings. The number of hydrogen-bond donors (Lipinski definition) is 1. The number of nitrogens with zero attached hydrogens (tertiary/aromatic N) is 5. The molecule has 1 atom stereocenters. The van der Waals surface area contributed by atoms with Crippen molar-refractivity contribution in [3.05, 3.63) is 31.6 Å². The van der Waals surface area contributed by atoms with Gasteiger partial charge in [-0.05, 0) is 51.3 Å². The molecule has 30 heavy (non-hydrogen) atoms. The first-order valence-corrected chi connectivity index (χ1v) is 11.8. The summed E-state index contributed by atoms with van der Waals surface area (Å²) in [6, 6.07) is 0. The first-order chi connectivity index (χ1) is 14.4. The minimum Gasteiger partial charge on any atom is -0.302 e. The van der Waals surface area contributed by atoms with Gasteiger partial charge < -0.3 is 4.90 Å². The van der Waals surface area contributed by atoms with Crippen LogP contribution < -0.4 is 10.9 Å². The molecule has 4 rings (SSSR count). The van der Waals surface area contributed by atoms with Crippen molar-refractivity contribution in [1.82, 2.24) is 24.6 Å². The fraction of sp³-hybridized carbons (Fsp3) is 0.550. The highest BCUT2D eigenvalue weighted by atomic mass is 32.1. The molecular weight excluding hydrogens is 420 g/mol. The lowest BCUT2D eigenvalue weighted by atomic mass is 9.89. The van der Waals surface area contributed by atoms with Crippen molar-refractivity contribution < 1.29 is 4.79 Å². The Morgan fingerprint density at radius 1 is 1.30 bits per heavy atom. The lowest BCUT2D eigenvalue weighted by molar-refractivity contribution is -0.116. The van der Waals surface area contributed by atoms with Crippen LogP contribution in [0.1, 0.15) is 41.5 Å². The second-order valence-electron chi connectivity index (χ2n) is 8.09. The minimum absolute atomic E-state index is 0.0903. The maximum atomic E-state index is 13.5. The third-order valence-electron chi connectivity index (χ3n) is 5.27. The van der Waals surface area contributed by atoms with Crippen LogP contribution in [0.5, 0.6) is 0 Å². The van der Waals surface area contributed by atoms with Crippen molar-refractivity contribution in [3.8, 4) is 0 Å². The Bertz CT molecular complexity index is 1150. The van der Waals surface area contributed by atoms with Crippen LogP contribution in [0.4, 0.5) is 5.13 Å². The predicted octanol–water partition coefficient (Wildman–Crippen LogP) is 2.70. The Labute approximate surface area is 183 Å². The highest BCUT2D eigenvalue weighted by Crippen LogP contribution is 2.35. The van der Waals surface area contributed by atoms with Gasteiger partial charge >= 0.3 is 0 Å². The Hall–Kier alpha value is -2.17. The van der Waals surface area contributed by atoms with Gasteiger partial charge in [0, 0.05) is 4.88 Å². The number of anilines is 1. The molecule has 0 radical (unpaired) electrons. The Morgan fingerprint density at radius 3 is 2.80 bits per heavy atom. The van der Waals surface area contributed by atoms with Crippen molar-refractivity contribution in [2.45, 2.75) is 52.6 Å². The lowest BCUT2D eigenvalue weighted by Crippen LogP contribution is -2.33. The van der Waals surface area contributed by atoms with Crippen molar-refractivity contribution in [1.29, 1.82) is 0 Å². The van der Waals surface area contributed by atoms with Crippen molar-refractivity contribution in [2.24, 2.45) is 5.92 Å². The fourth-order valence-corrected chi connectivity index (χ4v) is 5.87. The van der Waals surface area contributed by atoms with Gasteiger partial charge in [0.1, 0.15) is 22.2 Å². The second kappa shape index (κ2) is 8.52. The maximum Gasteiger partial charge on any atom is 0.263 e. The number of hydrogen-bond acceptors (Lipinski definition) is 8. The van der Waals surface area contributed by atoms with Crippen LogP contribution in [-0.4, -0.2) is 44.7 Å².